The first-order chi connectivity index (χ1) is 5.29. The van der Waals surface area contributed by atoms with E-state index in [1.54, 1.807) is 6.26 Å². The summed E-state index contributed by atoms with van der Waals surface area (Å²) in [6.45, 7) is 1.93. The van der Waals surface area contributed by atoms with Crippen LogP contribution in [0.15, 0.2) is 28.9 Å². The van der Waals surface area contributed by atoms with Gasteiger partial charge in [-0.15, -0.1) is 0 Å². The van der Waals surface area contributed by atoms with Gasteiger partial charge < -0.3 is 10.2 Å². The van der Waals surface area contributed by atoms with Crippen molar-refractivity contribution in [2.45, 2.75) is 6.92 Å². The molecule has 2 heteroatoms. The number of nitrogens with two attached hydrogens (primary N) is 1. The predicted molar refractivity (Wildman–Crippen MR) is 45.4 cm³/mol. The lowest BCUT2D eigenvalue weighted by molar-refractivity contribution is 0.540. The Morgan fingerprint density at radius 3 is 2.82 bits per heavy atom. The van der Waals surface area contributed by atoms with E-state index in [9.17, 15) is 0 Å². The molecule has 2 rings (SSSR count). The third-order valence-electron chi connectivity index (χ3n) is 1.87. The first-order valence-electron chi connectivity index (χ1n) is 3.51. The lowest BCUT2D eigenvalue weighted by Crippen LogP contribution is -1.83. The van der Waals surface area contributed by atoms with Crippen molar-refractivity contribution in [3.8, 4) is 0 Å². The maximum atomic E-state index is 5.71. The Balaban J connectivity index is 2.94. The van der Waals surface area contributed by atoms with E-state index in [1.807, 2.05) is 25.1 Å². The van der Waals surface area contributed by atoms with Gasteiger partial charge >= 0.3 is 0 Å². The van der Waals surface area contributed by atoms with E-state index in [4.69, 9.17) is 10.2 Å². The van der Waals surface area contributed by atoms with Gasteiger partial charge in [0.1, 0.15) is 12.0 Å². The topological polar surface area (TPSA) is 39.2 Å². The summed E-state index contributed by atoms with van der Waals surface area (Å²) in [6.07, 6.45) is 1.69. The molecule has 1 heterocycles. The second-order valence-electron chi connectivity index (χ2n) is 2.60. The second-order valence-corrected chi connectivity index (χ2v) is 2.60. The Kier molecular flexibility index (Phi) is 1.15. The fourth-order valence-corrected chi connectivity index (χ4v) is 1.23. The number of hydrogen-bond donors (Lipinski definition) is 1. The Labute approximate surface area is 64.6 Å². The van der Waals surface area contributed by atoms with E-state index in [-0.39, 0.29) is 0 Å². The summed E-state index contributed by atoms with van der Waals surface area (Å²) in [5.41, 5.74) is 6.49. The molecule has 0 aliphatic heterocycles. The van der Waals surface area contributed by atoms with Crippen molar-refractivity contribution in [1.82, 2.24) is 0 Å². The van der Waals surface area contributed by atoms with Gasteiger partial charge in [-0.25, -0.2) is 0 Å². The smallest absolute Gasteiger partial charge is 0.108 e. The average molecular weight is 147 g/mol. The molecular formula is C9H9NO. The SMILES string of the molecule is Cc1occ2c(N)cccc12. The van der Waals surface area contributed by atoms with Crippen molar-refractivity contribution >= 4 is 16.5 Å². The van der Waals surface area contributed by atoms with Crippen LogP contribution in [0, 0.1) is 6.92 Å². The maximum Gasteiger partial charge on any atom is 0.108 e. The van der Waals surface area contributed by atoms with Crippen LogP contribution in [0.2, 0.25) is 0 Å². The highest BCUT2D eigenvalue weighted by Crippen LogP contribution is 2.24. The number of rotatable bonds is 0. The third-order valence-corrected chi connectivity index (χ3v) is 1.87. The van der Waals surface area contributed by atoms with Crippen molar-refractivity contribution < 1.29 is 4.42 Å². The van der Waals surface area contributed by atoms with Crippen molar-refractivity contribution in [2.75, 3.05) is 5.73 Å². The first kappa shape index (κ1) is 6.28. The minimum atomic E-state index is 0.777. The third kappa shape index (κ3) is 0.792. The Hall–Kier alpha value is -1.44. The van der Waals surface area contributed by atoms with Crippen LogP contribution in [0.1, 0.15) is 5.76 Å². The zero-order valence-corrected chi connectivity index (χ0v) is 6.29. The molecule has 0 saturated heterocycles. The molecule has 56 valence electrons. The molecule has 0 fully saturated rings. The van der Waals surface area contributed by atoms with Gasteiger partial charge in [0.15, 0.2) is 0 Å². The summed E-state index contributed by atoms with van der Waals surface area (Å²) in [7, 11) is 0. The molecule has 0 amide bonds. The van der Waals surface area contributed by atoms with Gasteiger partial charge in [-0.05, 0) is 13.0 Å². The highest BCUT2D eigenvalue weighted by molar-refractivity contribution is 5.93. The lowest BCUT2D eigenvalue weighted by Gasteiger charge is -1.92. The molecular weight excluding hydrogens is 138 g/mol. The molecule has 0 radical (unpaired) electrons. The summed E-state index contributed by atoms with van der Waals surface area (Å²) in [5.74, 6) is 0.923. The van der Waals surface area contributed by atoms with Crippen molar-refractivity contribution in [3.05, 3.63) is 30.2 Å². The van der Waals surface area contributed by atoms with Crippen LogP contribution in [0.4, 0.5) is 5.69 Å². The summed E-state index contributed by atoms with van der Waals surface area (Å²) in [5, 5.41) is 2.11. The van der Waals surface area contributed by atoms with Gasteiger partial charge in [0, 0.05) is 16.5 Å². The van der Waals surface area contributed by atoms with Gasteiger partial charge in [-0.1, -0.05) is 12.1 Å². The molecule has 0 saturated carbocycles. The Morgan fingerprint density at radius 2 is 2.09 bits per heavy atom. The van der Waals surface area contributed by atoms with Crippen LogP contribution in [0.5, 0.6) is 0 Å². The summed E-state index contributed by atoms with van der Waals surface area (Å²) in [6, 6.07) is 5.81. The van der Waals surface area contributed by atoms with E-state index in [0.717, 1.165) is 22.2 Å². The molecule has 2 N–H and O–H groups in total. The Morgan fingerprint density at radius 1 is 1.27 bits per heavy atom. The van der Waals surface area contributed by atoms with Gasteiger partial charge in [0.2, 0.25) is 0 Å². The number of aryl methyl sites for hydroxylation is 1. The highest BCUT2D eigenvalue weighted by atomic mass is 16.3. The molecule has 1 aromatic carbocycles. The predicted octanol–water partition coefficient (Wildman–Crippen LogP) is 2.32. The van der Waals surface area contributed by atoms with Crippen LogP contribution in [-0.4, -0.2) is 0 Å². The molecule has 2 nitrogen and oxygen atoms in total. The normalized spacial score (nSPS) is 10.6. The van der Waals surface area contributed by atoms with E-state index >= 15 is 0 Å². The number of hydrogen-bond acceptors (Lipinski definition) is 2. The number of nitrogen functional groups attached to an aromatic ring is 1. The molecule has 0 atom stereocenters. The quantitative estimate of drug-likeness (QED) is 0.581. The minimum Gasteiger partial charge on any atom is -0.468 e. The molecule has 0 bridgehead atoms. The number of furan rings is 1. The first-order valence-corrected chi connectivity index (χ1v) is 3.51. The fraction of sp³-hybridized carbons (Fsp3) is 0.111. The zero-order valence-electron chi connectivity index (χ0n) is 6.29. The summed E-state index contributed by atoms with van der Waals surface area (Å²) >= 11 is 0. The van der Waals surface area contributed by atoms with E-state index in [0.29, 0.717) is 0 Å². The van der Waals surface area contributed by atoms with E-state index in [1.165, 1.54) is 0 Å². The van der Waals surface area contributed by atoms with Gasteiger partial charge in [0.25, 0.3) is 0 Å². The summed E-state index contributed by atoms with van der Waals surface area (Å²) < 4.78 is 5.22. The monoisotopic (exact) mass is 147 g/mol. The van der Waals surface area contributed by atoms with E-state index < -0.39 is 0 Å². The molecule has 0 spiro atoms. The van der Waals surface area contributed by atoms with E-state index in [2.05, 4.69) is 0 Å². The van der Waals surface area contributed by atoms with Gasteiger partial charge in [-0.3, -0.25) is 0 Å². The standard InChI is InChI=1S/C9H9NO/c1-6-7-3-2-4-9(10)8(7)5-11-6/h2-5H,10H2,1H3. The van der Waals surface area contributed by atoms with Gasteiger partial charge in [0.05, 0.1) is 0 Å². The van der Waals surface area contributed by atoms with Crippen LogP contribution in [0.25, 0.3) is 10.8 Å². The maximum absolute atomic E-state index is 5.71. The second kappa shape index (κ2) is 2.02. The molecule has 11 heavy (non-hydrogen) atoms. The number of benzene rings is 1. The van der Waals surface area contributed by atoms with Crippen LogP contribution in [-0.2, 0) is 0 Å². The molecule has 0 unspecified atom stereocenters. The van der Waals surface area contributed by atoms with Gasteiger partial charge in [-0.2, -0.15) is 0 Å². The van der Waals surface area contributed by atoms with Crippen molar-refractivity contribution in [2.24, 2.45) is 0 Å². The zero-order chi connectivity index (χ0) is 7.84. The van der Waals surface area contributed by atoms with Crippen LogP contribution in [0.3, 0.4) is 0 Å². The molecule has 1 aromatic heterocycles. The Bertz CT molecular complexity index is 389. The molecule has 2 aromatic rings. The fourth-order valence-electron chi connectivity index (χ4n) is 1.23. The van der Waals surface area contributed by atoms with Crippen LogP contribution < -0.4 is 5.73 Å². The minimum absolute atomic E-state index is 0.777. The van der Waals surface area contributed by atoms with Crippen molar-refractivity contribution in [3.63, 3.8) is 0 Å². The average Bonchev–Trinajstić information content (AvgIpc) is 2.35. The molecule has 0 aliphatic carbocycles. The largest absolute Gasteiger partial charge is 0.468 e. The molecule has 0 aliphatic rings. The number of fused-ring (bicyclic) bond motifs is 1. The van der Waals surface area contributed by atoms with Crippen molar-refractivity contribution in [1.29, 1.82) is 0 Å². The highest BCUT2D eigenvalue weighted by Gasteiger charge is 2.02. The number of anilines is 1. The van der Waals surface area contributed by atoms with Crippen LogP contribution >= 0.6 is 0 Å². The summed E-state index contributed by atoms with van der Waals surface area (Å²) in [4.78, 5) is 0. The lowest BCUT2D eigenvalue weighted by atomic mass is 10.1.